The third-order valence-corrected chi connectivity index (χ3v) is 3.22. The maximum absolute atomic E-state index is 4.68. The molecule has 1 N–H and O–H groups in total. The second-order valence-electron chi connectivity index (χ2n) is 4.37. The fraction of sp³-hybridized carbons (Fsp3) is 0.769. The number of hydrogen-bond acceptors (Lipinski definition) is 2. The smallest absolute Gasteiger partial charge is 0.0644 e. The Hall–Kier alpha value is -0.830. The summed E-state index contributed by atoms with van der Waals surface area (Å²) in [5.74, 6) is 0. The highest BCUT2D eigenvalue weighted by atomic mass is 15.3. The van der Waals surface area contributed by atoms with Crippen molar-refractivity contribution in [2.75, 3.05) is 6.54 Å². The number of nitrogens with one attached hydrogen (secondary N) is 1. The van der Waals surface area contributed by atoms with Crippen LogP contribution in [0.3, 0.4) is 0 Å². The van der Waals surface area contributed by atoms with E-state index >= 15 is 0 Å². The molecule has 16 heavy (non-hydrogen) atoms. The molecule has 0 aliphatic carbocycles. The summed E-state index contributed by atoms with van der Waals surface area (Å²) >= 11 is 0. The van der Waals surface area contributed by atoms with Crippen LogP contribution < -0.4 is 5.32 Å². The van der Waals surface area contributed by atoms with Crippen molar-refractivity contribution in [1.82, 2.24) is 15.1 Å². The third-order valence-electron chi connectivity index (χ3n) is 3.22. The largest absolute Gasteiger partial charge is 0.312 e. The summed E-state index contributed by atoms with van der Waals surface area (Å²) < 4.78 is 2.19. The molecule has 1 heterocycles. The molecule has 3 heteroatoms. The molecule has 0 saturated carbocycles. The monoisotopic (exact) mass is 223 g/mol. The number of aryl methyl sites for hydroxylation is 2. The molecule has 0 fully saturated rings. The van der Waals surface area contributed by atoms with Crippen LogP contribution in [0.1, 0.15) is 52.0 Å². The molecule has 3 nitrogen and oxygen atoms in total. The van der Waals surface area contributed by atoms with Gasteiger partial charge >= 0.3 is 0 Å². The van der Waals surface area contributed by atoms with E-state index in [1.54, 1.807) is 0 Å². The second-order valence-corrected chi connectivity index (χ2v) is 4.37. The van der Waals surface area contributed by atoms with Gasteiger partial charge in [-0.05, 0) is 39.3 Å². The van der Waals surface area contributed by atoms with E-state index in [-0.39, 0.29) is 0 Å². The van der Waals surface area contributed by atoms with Crippen LogP contribution in [0.4, 0.5) is 0 Å². The number of nitrogens with zero attached hydrogens (tertiary/aromatic N) is 2. The predicted octanol–water partition coefficient (Wildman–Crippen LogP) is 2.57. The minimum Gasteiger partial charge on any atom is -0.312 e. The van der Waals surface area contributed by atoms with Crippen LogP contribution in [0.2, 0.25) is 0 Å². The van der Waals surface area contributed by atoms with Gasteiger partial charge in [0.1, 0.15) is 0 Å². The average Bonchev–Trinajstić information content (AvgIpc) is 2.71. The van der Waals surface area contributed by atoms with E-state index in [2.05, 4.69) is 55.8 Å². The standard InChI is InChI=1S/C13H25N3/c1-6-12-9-13(7-2)16(15-12)11(5)10(4)14-8-3/h9-11,14H,6-8H2,1-5H3. The van der Waals surface area contributed by atoms with Crippen LogP contribution in [-0.2, 0) is 12.8 Å². The van der Waals surface area contributed by atoms with Crippen molar-refractivity contribution in [2.45, 2.75) is 59.5 Å². The molecule has 1 aromatic heterocycles. The lowest BCUT2D eigenvalue weighted by molar-refractivity contribution is 0.362. The Morgan fingerprint density at radius 3 is 2.44 bits per heavy atom. The third kappa shape index (κ3) is 2.85. The van der Waals surface area contributed by atoms with Crippen LogP contribution in [0, 0.1) is 0 Å². The summed E-state index contributed by atoms with van der Waals surface area (Å²) in [5.41, 5.74) is 2.54. The zero-order chi connectivity index (χ0) is 12.1. The number of aromatic nitrogens is 2. The van der Waals surface area contributed by atoms with Crippen LogP contribution in [0.5, 0.6) is 0 Å². The Morgan fingerprint density at radius 1 is 1.25 bits per heavy atom. The zero-order valence-corrected chi connectivity index (χ0v) is 11.2. The van der Waals surface area contributed by atoms with Gasteiger partial charge in [0, 0.05) is 11.7 Å². The summed E-state index contributed by atoms with van der Waals surface area (Å²) in [6.45, 7) is 12.0. The van der Waals surface area contributed by atoms with E-state index in [0.717, 1.165) is 19.4 Å². The van der Waals surface area contributed by atoms with Gasteiger partial charge in [-0.3, -0.25) is 4.68 Å². The van der Waals surface area contributed by atoms with E-state index in [1.165, 1.54) is 11.4 Å². The van der Waals surface area contributed by atoms with Crippen LogP contribution >= 0.6 is 0 Å². The zero-order valence-electron chi connectivity index (χ0n) is 11.2. The molecular weight excluding hydrogens is 198 g/mol. The SMILES string of the molecule is CCNC(C)C(C)n1nc(CC)cc1CC. The Bertz CT molecular complexity index is 317. The Labute approximate surface area is 99.2 Å². The highest BCUT2D eigenvalue weighted by Gasteiger charge is 2.17. The van der Waals surface area contributed by atoms with E-state index in [1.807, 2.05) is 0 Å². The van der Waals surface area contributed by atoms with Gasteiger partial charge in [-0.25, -0.2) is 0 Å². The number of rotatable bonds is 6. The summed E-state index contributed by atoms with van der Waals surface area (Å²) in [7, 11) is 0. The van der Waals surface area contributed by atoms with Crippen molar-refractivity contribution in [3.8, 4) is 0 Å². The number of likely N-dealkylation sites (N-methyl/N-ethyl adjacent to an activating group) is 1. The van der Waals surface area contributed by atoms with Crippen molar-refractivity contribution in [3.05, 3.63) is 17.5 Å². The first-order chi connectivity index (χ1) is 7.63. The van der Waals surface area contributed by atoms with Gasteiger partial charge in [0.05, 0.1) is 11.7 Å². The minimum atomic E-state index is 0.412. The van der Waals surface area contributed by atoms with Crippen LogP contribution in [0.25, 0.3) is 0 Å². The first-order valence-electron chi connectivity index (χ1n) is 6.44. The van der Waals surface area contributed by atoms with Gasteiger partial charge in [-0.2, -0.15) is 5.10 Å². The Kier molecular flexibility index (Phi) is 5.00. The van der Waals surface area contributed by atoms with Crippen molar-refractivity contribution in [1.29, 1.82) is 0 Å². The molecule has 0 aliphatic rings. The first-order valence-corrected chi connectivity index (χ1v) is 6.44. The van der Waals surface area contributed by atoms with Gasteiger partial charge in [0.15, 0.2) is 0 Å². The summed E-state index contributed by atoms with van der Waals surface area (Å²) in [6.07, 6.45) is 2.07. The second kappa shape index (κ2) is 6.04. The lowest BCUT2D eigenvalue weighted by Gasteiger charge is -2.23. The fourth-order valence-electron chi connectivity index (χ4n) is 1.98. The average molecular weight is 223 g/mol. The van der Waals surface area contributed by atoms with E-state index < -0.39 is 0 Å². The van der Waals surface area contributed by atoms with E-state index in [9.17, 15) is 0 Å². The van der Waals surface area contributed by atoms with Crippen molar-refractivity contribution < 1.29 is 0 Å². The highest BCUT2D eigenvalue weighted by Crippen LogP contribution is 2.16. The molecule has 0 aliphatic heterocycles. The maximum atomic E-state index is 4.68. The van der Waals surface area contributed by atoms with Crippen LogP contribution in [0.15, 0.2) is 6.07 Å². The topological polar surface area (TPSA) is 29.9 Å². The van der Waals surface area contributed by atoms with Crippen molar-refractivity contribution >= 4 is 0 Å². The summed E-state index contributed by atoms with van der Waals surface area (Å²) in [6, 6.07) is 3.10. The lowest BCUT2D eigenvalue weighted by Crippen LogP contribution is -2.34. The van der Waals surface area contributed by atoms with Gasteiger partial charge in [0.2, 0.25) is 0 Å². The first kappa shape index (κ1) is 13.2. The Balaban J connectivity index is 2.88. The normalized spacial score (nSPS) is 15.1. The van der Waals surface area contributed by atoms with Crippen molar-refractivity contribution in [3.63, 3.8) is 0 Å². The van der Waals surface area contributed by atoms with E-state index in [0.29, 0.717) is 12.1 Å². The molecule has 0 aromatic carbocycles. The fourth-order valence-corrected chi connectivity index (χ4v) is 1.98. The maximum Gasteiger partial charge on any atom is 0.0644 e. The van der Waals surface area contributed by atoms with Gasteiger partial charge < -0.3 is 5.32 Å². The quantitative estimate of drug-likeness (QED) is 0.803. The predicted molar refractivity (Wildman–Crippen MR) is 68.8 cm³/mol. The van der Waals surface area contributed by atoms with E-state index in [4.69, 9.17) is 0 Å². The van der Waals surface area contributed by atoms with Gasteiger partial charge in [0.25, 0.3) is 0 Å². The molecule has 0 spiro atoms. The molecule has 2 unspecified atom stereocenters. The summed E-state index contributed by atoms with van der Waals surface area (Å²) in [4.78, 5) is 0. The Morgan fingerprint density at radius 2 is 1.94 bits per heavy atom. The minimum absolute atomic E-state index is 0.412. The molecule has 0 amide bonds. The van der Waals surface area contributed by atoms with Crippen LogP contribution in [-0.4, -0.2) is 22.4 Å². The molecule has 1 aromatic rings. The summed E-state index contributed by atoms with van der Waals surface area (Å²) in [5, 5.41) is 8.14. The molecule has 0 saturated heterocycles. The molecule has 0 radical (unpaired) electrons. The number of hydrogen-bond donors (Lipinski definition) is 1. The van der Waals surface area contributed by atoms with Gasteiger partial charge in [-0.15, -0.1) is 0 Å². The van der Waals surface area contributed by atoms with Gasteiger partial charge in [-0.1, -0.05) is 20.8 Å². The highest BCUT2D eigenvalue weighted by molar-refractivity contribution is 5.11. The molecule has 1 rings (SSSR count). The molecule has 2 atom stereocenters. The lowest BCUT2D eigenvalue weighted by atomic mass is 10.1. The molecule has 92 valence electrons. The van der Waals surface area contributed by atoms with Crippen molar-refractivity contribution in [2.24, 2.45) is 0 Å². The molecular formula is C13H25N3. The molecule has 0 bridgehead atoms.